The molecule has 50 heavy (non-hydrogen) atoms. The van der Waals surface area contributed by atoms with Crippen LogP contribution in [0.2, 0.25) is 0 Å². The van der Waals surface area contributed by atoms with Crippen molar-refractivity contribution in [3.05, 3.63) is 126 Å². The molecule has 1 fully saturated rings. The van der Waals surface area contributed by atoms with Gasteiger partial charge in [0.2, 0.25) is 0 Å². The lowest BCUT2D eigenvalue weighted by molar-refractivity contribution is 0.0664. The van der Waals surface area contributed by atoms with Gasteiger partial charge in [-0.05, 0) is 55.6 Å². The number of piperazine rings is 1. The van der Waals surface area contributed by atoms with Gasteiger partial charge in [-0.25, -0.2) is 17.4 Å². The third-order valence-electron chi connectivity index (χ3n) is 8.97. The zero-order valence-corrected chi connectivity index (χ0v) is 28.6. The van der Waals surface area contributed by atoms with Crippen molar-refractivity contribution in [3.63, 3.8) is 0 Å². The highest BCUT2D eigenvalue weighted by atomic mass is 32.2. The van der Waals surface area contributed by atoms with E-state index in [2.05, 4.69) is 22.2 Å². The first-order valence-corrected chi connectivity index (χ1v) is 18.4. The van der Waals surface area contributed by atoms with Crippen molar-refractivity contribution in [1.29, 1.82) is 0 Å². The molecule has 1 aliphatic rings. The highest BCUT2D eigenvalue weighted by molar-refractivity contribution is 7.90. The van der Waals surface area contributed by atoms with Crippen LogP contribution in [0.1, 0.15) is 20.9 Å². The van der Waals surface area contributed by atoms with Crippen LogP contribution in [0, 0.1) is 0 Å². The number of rotatable bonds is 7. The topological polar surface area (TPSA) is 118 Å². The second kappa shape index (κ2) is 12.7. The minimum atomic E-state index is -3.91. The number of fused-ring (bicyclic) bond motifs is 3. The Balaban J connectivity index is 1.01. The molecule has 0 saturated carbocycles. The van der Waals surface area contributed by atoms with E-state index >= 15 is 0 Å². The number of carbonyl (C=O) groups is 2. The Bertz CT molecular complexity index is 2490. The summed E-state index contributed by atoms with van der Waals surface area (Å²) in [6, 6.07) is 31.9. The van der Waals surface area contributed by atoms with Crippen LogP contribution in [0.15, 0.2) is 124 Å². The smallest absolute Gasteiger partial charge is 0.293 e. The number of amides is 2. The number of furan rings is 1. The van der Waals surface area contributed by atoms with E-state index in [1.54, 1.807) is 60.7 Å². The summed E-state index contributed by atoms with van der Waals surface area (Å²) in [5, 5.41) is 6.62. The minimum Gasteiger partial charge on any atom is -0.451 e. The molecule has 1 aliphatic heterocycles. The monoisotopic (exact) mass is 701 g/mol. The van der Waals surface area contributed by atoms with Crippen LogP contribution in [0.3, 0.4) is 0 Å². The van der Waals surface area contributed by atoms with Gasteiger partial charge < -0.3 is 14.2 Å². The summed E-state index contributed by atoms with van der Waals surface area (Å²) < 4.78 is 35.1. The van der Waals surface area contributed by atoms with E-state index < -0.39 is 15.9 Å². The van der Waals surface area contributed by atoms with Crippen molar-refractivity contribution in [2.45, 2.75) is 4.90 Å². The largest absolute Gasteiger partial charge is 0.451 e. The number of nitrogens with one attached hydrogen (secondary N) is 1. The highest BCUT2D eigenvalue weighted by Gasteiger charge is 2.24. The Morgan fingerprint density at radius 2 is 1.48 bits per heavy atom. The summed E-state index contributed by atoms with van der Waals surface area (Å²) >= 11 is 1.26. The summed E-state index contributed by atoms with van der Waals surface area (Å²) in [5.74, 6) is 0.171. The molecule has 4 heterocycles. The van der Waals surface area contributed by atoms with Crippen molar-refractivity contribution < 1.29 is 22.4 Å². The summed E-state index contributed by atoms with van der Waals surface area (Å²) in [7, 11) is -1.86. The second-order valence-corrected chi connectivity index (χ2v) is 14.8. The van der Waals surface area contributed by atoms with E-state index in [9.17, 15) is 18.0 Å². The van der Waals surface area contributed by atoms with Crippen molar-refractivity contribution in [3.8, 4) is 22.6 Å². The number of benzene rings is 4. The van der Waals surface area contributed by atoms with Crippen LogP contribution in [-0.2, 0) is 10.0 Å². The van der Waals surface area contributed by atoms with Crippen LogP contribution in [0.4, 0.5) is 5.13 Å². The van der Waals surface area contributed by atoms with Crippen molar-refractivity contribution in [2.75, 3.05) is 38.5 Å². The average Bonchev–Trinajstić information content (AvgIpc) is 3.90. The first-order valence-electron chi connectivity index (χ1n) is 16.1. The number of nitrogens with zero attached hydrogens (tertiary/aromatic N) is 4. The van der Waals surface area contributed by atoms with Gasteiger partial charge >= 0.3 is 0 Å². The van der Waals surface area contributed by atoms with E-state index in [1.165, 1.54) is 15.3 Å². The van der Waals surface area contributed by atoms with Gasteiger partial charge in [0.25, 0.3) is 21.8 Å². The van der Waals surface area contributed by atoms with Gasteiger partial charge in [0.1, 0.15) is 5.76 Å². The van der Waals surface area contributed by atoms with Gasteiger partial charge in [-0.2, -0.15) is 0 Å². The lowest BCUT2D eigenvalue weighted by atomic mass is 10.1. The summed E-state index contributed by atoms with van der Waals surface area (Å²) in [6.07, 6.45) is 0. The molecular weight excluding hydrogens is 671 g/mol. The molecule has 2 amide bonds. The predicted octanol–water partition coefficient (Wildman–Crippen LogP) is 7.05. The summed E-state index contributed by atoms with van der Waals surface area (Å²) in [5.41, 5.74) is 3.77. The fourth-order valence-corrected chi connectivity index (χ4v) is 8.51. The van der Waals surface area contributed by atoms with Gasteiger partial charge in [-0.15, -0.1) is 11.3 Å². The van der Waals surface area contributed by atoms with E-state index in [0.717, 1.165) is 29.4 Å². The number of para-hydroxylation sites is 1. The predicted molar refractivity (Wildman–Crippen MR) is 195 cm³/mol. The number of anilines is 1. The summed E-state index contributed by atoms with van der Waals surface area (Å²) in [6.45, 7) is 3.11. The maximum atomic E-state index is 13.9. The second-order valence-electron chi connectivity index (χ2n) is 12.2. The molecule has 250 valence electrons. The molecule has 4 aromatic carbocycles. The highest BCUT2D eigenvalue weighted by Crippen LogP contribution is 2.36. The quantitative estimate of drug-likeness (QED) is 0.189. The lowest BCUT2D eigenvalue weighted by Crippen LogP contribution is -2.47. The number of hydrogen-bond acceptors (Lipinski definition) is 8. The zero-order valence-electron chi connectivity index (χ0n) is 26.9. The third-order valence-corrected chi connectivity index (χ3v) is 11.5. The zero-order chi connectivity index (χ0) is 34.4. The van der Waals surface area contributed by atoms with Crippen molar-refractivity contribution in [2.24, 2.45) is 0 Å². The number of aromatic nitrogens is 2. The summed E-state index contributed by atoms with van der Waals surface area (Å²) in [4.78, 5) is 35.0. The van der Waals surface area contributed by atoms with Crippen molar-refractivity contribution in [1.82, 2.24) is 18.8 Å². The molecular formula is C38H31N5O5S2. The molecule has 1 N–H and O–H groups in total. The number of carbonyl (C=O) groups excluding carboxylic acids is 2. The standard InChI is InChI=1S/C38H31N5O5S2/c1-41-19-21-42(22-20-41)37(45)26-13-11-25(12-14-26)34-17-18-35(48-34)36(44)40-38-39-31(24-49-38)27-15-16-30-29-9-5-6-10-32(29)43(33(30)23-27)50(46,47)28-7-3-2-4-8-28/h2-18,23-24H,19-22H2,1H3,(H,39,40,44). The SMILES string of the molecule is CN1CCN(C(=O)c2ccc(-c3ccc(C(=O)Nc4nc(-c5ccc6c7ccccc7n(S(=O)(=O)c7ccccc7)c6c5)cs4)o3)cc2)CC1. The molecule has 0 atom stereocenters. The Kier molecular flexibility index (Phi) is 8.06. The van der Waals surface area contributed by atoms with Gasteiger partial charge in [0, 0.05) is 59.0 Å². The van der Waals surface area contributed by atoms with Gasteiger partial charge in [-0.1, -0.05) is 60.7 Å². The fraction of sp³-hybridized carbons (Fsp3) is 0.132. The molecule has 0 radical (unpaired) electrons. The molecule has 0 aliphatic carbocycles. The molecule has 0 bridgehead atoms. The first-order chi connectivity index (χ1) is 24.3. The molecule has 1 saturated heterocycles. The molecule has 7 aromatic rings. The number of thiazole rings is 1. The van der Waals surface area contributed by atoms with Crippen LogP contribution < -0.4 is 5.32 Å². The maximum Gasteiger partial charge on any atom is 0.293 e. The van der Waals surface area contributed by atoms with Gasteiger partial charge in [0.05, 0.1) is 21.6 Å². The molecule has 0 unspecified atom stereocenters. The van der Waals surface area contributed by atoms with Crippen LogP contribution in [0.5, 0.6) is 0 Å². The first kappa shape index (κ1) is 31.7. The molecule has 8 rings (SSSR count). The maximum absolute atomic E-state index is 13.9. The molecule has 12 heteroatoms. The minimum absolute atomic E-state index is 0.00602. The lowest BCUT2D eigenvalue weighted by Gasteiger charge is -2.32. The van der Waals surface area contributed by atoms with Crippen LogP contribution in [-0.4, -0.2) is 72.2 Å². The van der Waals surface area contributed by atoms with E-state index in [4.69, 9.17) is 4.42 Å². The van der Waals surface area contributed by atoms with Crippen LogP contribution in [0.25, 0.3) is 44.4 Å². The number of hydrogen-bond donors (Lipinski definition) is 1. The Labute approximate surface area is 292 Å². The van der Waals surface area contributed by atoms with E-state index in [-0.39, 0.29) is 16.6 Å². The van der Waals surface area contributed by atoms with E-state index in [0.29, 0.717) is 51.8 Å². The van der Waals surface area contributed by atoms with Crippen LogP contribution >= 0.6 is 11.3 Å². The van der Waals surface area contributed by atoms with Crippen molar-refractivity contribution >= 4 is 60.1 Å². The molecule has 3 aromatic heterocycles. The fourth-order valence-electron chi connectivity index (χ4n) is 6.26. The molecule has 0 spiro atoms. The Morgan fingerprint density at radius 3 is 2.26 bits per heavy atom. The normalized spacial score (nSPS) is 14.0. The van der Waals surface area contributed by atoms with E-state index in [1.807, 2.05) is 58.8 Å². The van der Waals surface area contributed by atoms with Gasteiger partial charge in [0.15, 0.2) is 10.9 Å². The Hall–Kier alpha value is -5.56. The number of likely N-dealkylation sites (N-methyl/N-ethyl adjacent to an activating group) is 1. The average molecular weight is 702 g/mol. The Morgan fingerprint density at radius 1 is 0.780 bits per heavy atom. The molecule has 10 nitrogen and oxygen atoms in total. The van der Waals surface area contributed by atoms with Gasteiger partial charge in [-0.3, -0.25) is 14.9 Å². The third kappa shape index (κ3) is 5.76.